The molecule has 3 fully saturated rings. The molecule has 3 aliphatic rings. The lowest BCUT2D eigenvalue weighted by atomic mass is 9.88. The van der Waals surface area contributed by atoms with Crippen molar-refractivity contribution in [3.63, 3.8) is 0 Å². The van der Waals surface area contributed by atoms with Crippen molar-refractivity contribution in [2.24, 2.45) is 5.92 Å². The number of H-pyrrole nitrogens is 2. The Labute approximate surface area is 297 Å². The Bertz CT molecular complexity index is 2000. The summed E-state index contributed by atoms with van der Waals surface area (Å²) in [6.45, 7) is 13.4. The third-order valence-electron chi connectivity index (χ3n) is 11.4. The Hall–Kier alpha value is -3.96. The quantitative estimate of drug-likeness (QED) is 0.211. The molecule has 3 aromatic heterocycles. The summed E-state index contributed by atoms with van der Waals surface area (Å²) in [7, 11) is 0. The molecule has 10 nitrogen and oxygen atoms in total. The topological polar surface area (TPSA) is 123 Å². The number of carbonyl (C=O) groups is 2. The highest BCUT2D eigenvalue weighted by Crippen LogP contribution is 2.44. The van der Waals surface area contributed by atoms with Crippen LogP contribution in [0.4, 0.5) is 0 Å². The molecule has 3 N–H and O–H groups in total. The van der Waals surface area contributed by atoms with E-state index in [2.05, 4.69) is 77.0 Å². The Morgan fingerprint density at radius 2 is 1.58 bits per heavy atom. The molecule has 0 aliphatic carbocycles. The summed E-state index contributed by atoms with van der Waals surface area (Å²) in [5, 5.41) is 4.23. The normalized spacial score (nSPS) is 19.9. The molecule has 0 spiro atoms. The van der Waals surface area contributed by atoms with Crippen LogP contribution in [0.3, 0.4) is 0 Å². The maximum Gasteiger partial charge on any atom is 0.328 e. The summed E-state index contributed by atoms with van der Waals surface area (Å²) in [4.78, 5) is 63.4. The first-order valence-corrected chi connectivity index (χ1v) is 19.0. The van der Waals surface area contributed by atoms with Crippen molar-refractivity contribution in [1.82, 2.24) is 29.7 Å². The highest BCUT2D eigenvalue weighted by molar-refractivity contribution is 7.19. The molecular weight excluding hydrogens is 649 g/mol. The number of benzene rings is 1. The maximum atomic E-state index is 14.0. The molecule has 0 saturated carbocycles. The molecule has 7 rings (SSSR count). The van der Waals surface area contributed by atoms with Gasteiger partial charge in [0.25, 0.3) is 5.56 Å². The summed E-state index contributed by atoms with van der Waals surface area (Å²) >= 11 is 1.74. The third kappa shape index (κ3) is 6.74. The van der Waals surface area contributed by atoms with Gasteiger partial charge in [0.05, 0.1) is 11.1 Å². The van der Waals surface area contributed by atoms with Crippen LogP contribution in [0.1, 0.15) is 79.5 Å². The largest absolute Gasteiger partial charge is 0.354 e. The first-order chi connectivity index (χ1) is 23.9. The monoisotopic (exact) mass is 698 g/mol. The van der Waals surface area contributed by atoms with E-state index in [1.54, 1.807) is 18.3 Å². The van der Waals surface area contributed by atoms with Gasteiger partial charge in [0.2, 0.25) is 11.8 Å². The second-order valence-electron chi connectivity index (χ2n) is 15.5. The maximum absolute atomic E-state index is 14.0. The van der Waals surface area contributed by atoms with Crippen molar-refractivity contribution < 1.29 is 9.59 Å². The zero-order chi connectivity index (χ0) is 35.3. The zero-order valence-corrected chi connectivity index (χ0v) is 30.8. The van der Waals surface area contributed by atoms with E-state index in [9.17, 15) is 19.2 Å². The molecule has 50 heavy (non-hydrogen) atoms. The fraction of sp³-hybridized carbons (Fsp3) is 0.538. The van der Waals surface area contributed by atoms with E-state index in [0.29, 0.717) is 30.1 Å². The number of carbonyl (C=O) groups excluding carboxylic acids is 2. The molecule has 2 bridgehead atoms. The predicted octanol–water partition coefficient (Wildman–Crippen LogP) is 5.17. The third-order valence-corrected chi connectivity index (χ3v) is 12.8. The number of hydrogen-bond donors (Lipinski definition) is 3. The highest BCUT2D eigenvalue weighted by Gasteiger charge is 2.47. The van der Waals surface area contributed by atoms with Crippen molar-refractivity contribution in [3.8, 4) is 11.3 Å². The van der Waals surface area contributed by atoms with Crippen molar-refractivity contribution in [2.75, 3.05) is 26.2 Å². The fourth-order valence-electron chi connectivity index (χ4n) is 8.53. The number of fused-ring (bicyclic) bond motifs is 3. The predicted molar refractivity (Wildman–Crippen MR) is 199 cm³/mol. The Morgan fingerprint density at radius 1 is 0.920 bits per heavy atom. The number of hydrogen-bond acceptors (Lipinski definition) is 6. The summed E-state index contributed by atoms with van der Waals surface area (Å²) in [5.74, 6) is 0.421. The van der Waals surface area contributed by atoms with Gasteiger partial charge in [0.15, 0.2) is 0 Å². The van der Waals surface area contributed by atoms with Gasteiger partial charge in [-0.05, 0) is 128 Å². The summed E-state index contributed by atoms with van der Waals surface area (Å²) in [5.41, 5.74) is 5.01. The number of amides is 2. The van der Waals surface area contributed by atoms with Gasteiger partial charge >= 0.3 is 5.69 Å². The molecule has 2 amide bonds. The van der Waals surface area contributed by atoms with Crippen LogP contribution in [0.25, 0.3) is 21.5 Å². The van der Waals surface area contributed by atoms with E-state index in [-0.39, 0.29) is 18.4 Å². The van der Waals surface area contributed by atoms with E-state index in [0.717, 1.165) is 74.3 Å². The fourth-order valence-corrected chi connectivity index (χ4v) is 9.71. The van der Waals surface area contributed by atoms with Gasteiger partial charge in [-0.3, -0.25) is 23.9 Å². The molecule has 3 saturated heterocycles. The number of aryl methyl sites for hydroxylation is 3. The van der Waals surface area contributed by atoms with Gasteiger partial charge in [-0.2, -0.15) is 0 Å². The van der Waals surface area contributed by atoms with Gasteiger partial charge in [-0.25, -0.2) is 4.79 Å². The SMILES string of the molecule is Cc1cc(C)cc(-c2[nH]c3sc(C(C)(C)C(=O)N4C5CCC4CC5)cc3c2CCN2CCC(CNC(=O)Cn3cc(C)c(=O)[nH]c3=O)CC2)c1. The minimum Gasteiger partial charge on any atom is -0.354 e. The molecular formula is C39H50N6O4S. The minimum atomic E-state index is -0.575. The lowest BCUT2D eigenvalue weighted by molar-refractivity contribution is -0.137. The lowest BCUT2D eigenvalue weighted by Crippen LogP contribution is -2.45. The smallest absolute Gasteiger partial charge is 0.328 e. The van der Waals surface area contributed by atoms with Crippen molar-refractivity contribution in [1.29, 1.82) is 0 Å². The van der Waals surface area contributed by atoms with Gasteiger partial charge in [0.1, 0.15) is 11.4 Å². The van der Waals surface area contributed by atoms with Crippen LogP contribution in [-0.2, 0) is 28.0 Å². The standard InChI is InChI=1S/C39H50N6O4S/c1-23-16-24(2)18-27(17-23)34-30(31-19-32(50-36(31)41-34)39(4,5)37(48)45-28-6-7-29(45)9-8-28)12-15-43-13-10-26(11-14-43)20-40-33(46)22-44-21-25(3)35(47)42-38(44)49/h16-19,21,26,28-29,41H,6-15,20,22H2,1-5H3,(H,40,46)(H,42,47,49). The highest BCUT2D eigenvalue weighted by atomic mass is 32.1. The van der Waals surface area contributed by atoms with Crippen LogP contribution >= 0.6 is 11.3 Å². The van der Waals surface area contributed by atoms with E-state index >= 15 is 0 Å². The summed E-state index contributed by atoms with van der Waals surface area (Å²) in [6.07, 6.45) is 8.89. The molecule has 0 radical (unpaired) electrons. The molecule has 266 valence electrons. The number of nitrogens with one attached hydrogen (secondary N) is 3. The van der Waals surface area contributed by atoms with E-state index in [4.69, 9.17) is 0 Å². The van der Waals surface area contributed by atoms with Crippen molar-refractivity contribution >= 4 is 33.4 Å². The second kappa shape index (κ2) is 13.6. The second-order valence-corrected chi connectivity index (χ2v) is 16.6. The minimum absolute atomic E-state index is 0.113. The molecule has 3 aliphatic heterocycles. The van der Waals surface area contributed by atoms with Crippen molar-refractivity contribution in [2.45, 2.75) is 104 Å². The van der Waals surface area contributed by atoms with Crippen LogP contribution in [0.5, 0.6) is 0 Å². The molecule has 0 atom stereocenters. The van der Waals surface area contributed by atoms with Crippen LogP contribution in [-0.4, -0.2) is 74.4 Å². The Balaban J connectivity index is 1.03. The number of aromatic nitrogens is 3. The summed E-state index contributed by atoms with van der Waals surface area (Å²) < 4.78 is 1.24. The van der Waals surface area contributed by atoms with E-state index in [1.165, 1.54) is 44.1 Å². The lowest BCUT2D eigenvalue weighted by Gasteiger charge is -2.32. The van der Waals surface area contributed by atoms with Gasteiger partial charge in [-0.1, -0.05) is 17.2 Å². The molecule has 6 heterocycles. The first-order valence-electron chi connectivity index (χ1n) is 18.2. The molecule has 4 aromatic rings. The van der Waals surface area contributed by atoms with Crippen LogP contribution in [0.15, 0.2) is 40.1 Å². The van der Waals surface area contributed by atoms with Crippen molar-refractivity contribution in [3.05, 3.63) is 78.4 Å². The van der Waals surface area contributed by atoms with Crippen LogP contribution in [0.2, 0.25) is 0 Å². The Morgan fingerprint density at radius 3 is 2.24 bits per heavy atom. The van der Waals surface area contributed by atoms with E-state index in [1.807, 2.05) is 0 Å². The first kappa shape index (κ1) is 34.5. The average Bonchev–Trinajstić information content (AvgIpc) is 3.86. The van der Waals surface area contributed by atoms with Gasteiger partial charge < -0.3 is 20.1 Å². The zero-order valence-electron chi connectivity index (χ0n) is 30.0. The van der Waals surface area contributed by atoms with Crippen LogP contribution < -0.4 is 16.6 Å². The van der Waals surface area contributed by atoms with Gasteiger partial charge in [0, 0.05) is 47.2 Å². The van der Waals surface area contributed by atoms with E-state index < -0.39 is 16.7 Å². The summed E-state index contributed by atoms with van der Waals surface area (Å²) in [6, 6.07) is 9.87. The number of nitrogens with zero attached hydrogens (tertiary/aromatic N) is 3. The average molecular weight is 699 g/mol. The number of rotatable bonds is 10. The molecule has 0 unspecified atom stereocenters. The molecule has 1 aromatic carbocycles. The van der Waals surface area contributed by atoms with Crippen LogP contribution in [0, 0.1) is 26.7 Å². The number of aromatic amines is 2. The number of likely N-dealkylation sites (tertiary alicyclic amines) is 1. The number of piperidine rings is 1. The Kier molecular flexibility index (Phi) is 9.41. The molecule has 11 heteroatoms. The van der Waals surface area contributed by atoms with Gasteiger partial charge in [-0.15, -0.1) is 11.3 Å². The number of thiophene rings is 1.